The first kappa shape index (κ1) is 35.1. The van der Waals surface area contributed by atoms with E-state index < -0.39 is 8.07 Å². The van der Waals surface area contributed by atoms with Crippen LogP contribution in [0.5, 0.6) is 11.5 Å². The summed E-state index contributed by atoms with van der Waals surface area (Å²) in [5, 5.41) is 18.1. The monoisotopic (exact) mass is 685 g/mol. The lowest BCUT2D eigenvalue weighted by molar-refractivity contribution is -0.136. The molecule has 262 valence electrons. The fourth-order valence-electron chi connectivity index (χ4n) is 8.14. The number of anilines is 1. The first-order chi connectivity index (χ1) is 23.6. The van der Waals surface area contributed by atoms with E-state index in [0.29, 0.717) is 25.3 Å². The highest BCUT2D eigenvalue weighted by atomic mass is 28.3. The second kappa shape index (κ2) is 15.0. The predicted octanol–water partition coefficient (Wildman–Crippen LogP) is 5.04. The van der Waals surface area contributed by atoms with Crippen LogP contribution in [-0.4, -0.2) is 76.0 Å². The first-order valence-electron chi connectivity index (χ1n) is 17.6. The van der Waals surface area contributed by atoms with Gasteiger partial charge in [0.15, 0.2) is 0 Å². The smallest absolute Gasteiger partial charge is 0.228 e. The SMILES string of the molecule is COc1ccc([Si](C)(C)C(CC(=O)N2Cc3ccccc3C[C@H]2CO)[C@H]2Oc3ccc(NC(=O)C4CCCNC4)cc3[C@@H](OC)[C@@H]2C)cc1. The molecule has 3 N–H and O–H groups in total. The van der Waals surface area contributed by atoms with E-state index in [2.05, 4.69) is 54.9 Å². The van der Waals surface area contributed by atoms with Crippen LogP contribution in [0.15, 0.2) is 66.7 Å². The molecule has 10 heteroatoms. The van der Waals surface area contributed by atoms with Crippen molar-refractivity contribution in [3.8, 4) is 11.5 Å². The van der Waals surface area contributed by atoms with E-state index >= 15 is 0 Å². The summed E-state index contributed by atoms with van der Waals surface area (Å²) in [6, 6.07) is 22.0. The van der Waals surface area contributed by atoms with Crippen molar-refractivity contribution < 1.29 is 28.9 Å². The van der Waals surface area contributed by atoms with Crippen LogP contribution in [-0.2, 0) is 27.3 Å². The molecule has 3 aromatic rings. The third-order valence-electron chi connectivity index (χ3n) is 11.2. The van der Waals surface area contributed by atoms with E-state index in [1.54, 1.807) is 14.2 Å². The maximum Gasteiger partial charge on any atom is 0.228 e. The van der Waals surface area contributed by atoms with Crippen LogP contribution in [0.1, 0.15) is 49.0 Å². The minimum atomic E-state index is -2.43. The first-order valence-corrected chi connectivity index (χ1v) is 20.7. The molecule has 0 spiro atoms. The summed E-state index contributed by atoms with van der Waals surface area (Å²) in [6.07, 6.45) is 2.17. The number of carbonyl (C=O) groups is 2. The molecular weight excluding hydrogens is 635 g/mol. The lowest BCUT2D eigenvalue weighted by Gasteiger charge is -2.46. The largest absolute Gasteiger partial charge is 0.497 e. The lowest BCUT2D eigenvalue weighted by atomic mass is 9.86. The van der Waals surface area contributed by atoms with Gasteiger partial charge in [0.25, 0.3) is 0 Å². The van der Waals surface area contributed by atoms with E-state index in [-0.39, 0.29) is 60.5 Å². The molecule has 0 aliphatic carbocycles. The Labute approximate surface area is 291 Å². The number of hydrogen-bond donors (Lipinski definition) is 3. The summed E-state index contributed by atoms with van der Waals surface area (Å²) in [7, 11) is 0.953. The number of carbonyl (C=O) groups excluding carboxylic acids is 2. The Kier molecular flexibility index (Phi) is 10.8. The molecule has 3 aliphatic rings. The van der Waals surface area contributed by atoms with Gasteiger partial charge in [-0.3, -0.25) is 9.59 Å². The molecule has 6 atom stereocenters. The summed E-state index contributed by atoms with van der Waals surface area (Å²) >= 11 is 0. The quantitative estimate of drug-likeness (QED) is 0.257. The summed E-state index contributed by atoms with van der Waals surface area (Å²) in [4.78, 5) is 29.4. The van der Waals surface area contributed by atoms with Gasteiger partial charge in [-0.1, -0.05) is 61.6 Å². The van der Waals surface area contributed by atoms with Crippen molar-refractivity contribution in [2.45, 2.75) is 76.0 Å². The Balaban J connectivity index is 1.32. The highest BCUT2D eigenvalue weighted by Crippen LogP contribution is 2.48. The third kappa shape index (κ3) is 7.29. The number of methoxy groups -OCH3 is 2. The topological polar surface area (TPSA) is 109 Å². The van der Waals surface area contributed by atoms with Gasteiger partial charge < -0.3 is 34.9 Å². The zero-order chi connectivity index (χ0) is 34.7. The van der Waals surface area contributed by atoms with E-state index in [4.69, 9.17) is 14.2 Å². The number of nitrogens with one attached hydrogen (secondary N) is 2. The average molecular weight is 686 g/mol. The molecule has 3 aliphatic heterocycles. The van der Waals surface area contributed by atoms with Crippen molar-refractivity contribution in [3.05, 3.63) is 83.4 Å². The van der Waals surface area contributed by atoms with Crippen molar-refractivity contribution in [1.82, 2.24) is 10.2 Å². The molecule has 1 fully saturated rings. The molecule has 1 saturated heterocycles. The number of amides is 2. The summed E-state index contributed by atoms with van der Waals surface area (Å²) in [5.41, 5.74) is 3.81. The summed E-state index contributed by atoms with van der Waals surface area (Å²) in [6.45, 7) is 8.80. The highest BCUT2D eigenvalue weighted by molar-refractivity contribution is 6.91. The number of rotatable bonds is 10. The Morgan fingerprint density at radius 3 is 2.51 bits per heavy atom. The molecule has 3 aromatic carbocycles. The molecule has 0 aromatic heterocycles. The molecule has 6 rings (SSSR count). The van der Waals surface area contributed by atoms with Gasteiger partial charge >= 0.3 is 0 Å². The summed E-state index contributed by atoms with van der Waals surface area (Å²) in [5.74, 6) is 1.41. The van der Waals surface area contributed by atoms with Crippen LogP contribution >= 0.6 is 0 Å². The van der Waals surface area contributed by atoms with Crippen molar-refractivity contribution in [1.29, 1.82) is 0 Å². The zero-order valence-electron chi connectivity index (χ0n) is 29.4. The Morgan fingerprint density at radius 1 is 1.08 bits per heavy atom. The lowest BCUT2D eigenvalue weighted by Crippen LogP contribution is -2.56. The molecule has 0 radical (unpaired) electrons. The molecule has 0 bridgehead atoms. The van der Waals surface area contributed by atoms with Crippen LogP contribution in [0, 0.1) is 11.8 Å². The Bertz CT molecular complexity index is 1630. The minimum absolute atomic E-state index is 0.0242. The van der Waals surface area contributed by atoms with E-state index in [1.165, 1.54) is 10.8 Å². The number of nitrogens with zero attached hydrogens (tertiary/aromatic N) is 1. The Morgan fingerprint density at radius 2 is 1.84 bits per heavy atom. The van der Waals surface area contributed by atoms with Gasteiger partial charge in [0, 0.05) is 49.3 Å². The second-order valence-electron chi connectivity index (χ2n) is 14.5. The van der Waals surface area contributed by atoms with Crippen molar-refractivity contribution in [3.63, 3.8) is 0 Å². The van der Waals surface area contributed by atoms with Crippen LogP contribution in [0.25, 0.3) is 0 Å². The number of aliphatic hydroxyl groups is 1. The predicted molar refractivity (Wildman–Crippen MR) is 194 cm³/mol. The van der Waals surface area contributed by atoms with Crippen LogP contribution < -0.4 is 25.3 Å². The standard InChI is InChI=1S/C39H51N3O6Si/c1-25-37(47-3)33-20-29(41-39(45)27-11-8-18-40-22-27)12-17-34(33)48-38(25)35(49(4,5)32-15-13-31(46-2)14-16-32)21-36(44)42-23-28-10-7-6-9-26(28)19-30(42)24-43/h6-7,9-10,12-17,20,25,27,30,35,37-38,40,43H,8,11,18-19,21-24H2,1-5H3,(H,41,45)/t25-,27?,30-,35?,37-,38-/m0/s1. The van der Waals surface area contributed by atoms with Crippen LogP contribution in [0.4, 0.5) is 5.69 Å². The summed E-state index contributed by atoms with van der Waals surface area (Å²) < 4.78 is 18.6. The van der Waals surface area contributed by atoms with Gasteiger partial charge in [0.2, 0.25) is 11.8 Å². The molecular formula is C39H51N3O6Si. The third-order valence-corrected chi connectivity index (χ3v) is 15.4. The molecule has 2 amide bonds. The van der Waals surface area contributed by atoms with E-state index in [1.807, 2.05) is 47.4 Å². The fraction of sp³-hybridized carbons (Fsp3) is 0.487. The maximum absolute atomic E-state index is 14.5. The molecule has 3 heterocycles. The number of piperidine rings is 1. The van der Waals surface area contributed by atoms with Crippen LogP contribution in [0.2, 0.25) is 18.6 Å². The molecule has 2 unspecified atom stereocenters. The number of fused-ring (bicyclic) bond motifs is 2. The second-order valence-corrected chi connectivity index (χ2v) is 19.2. The highest BCUT2D eigenvalue weighted by Gasteiger charge is 2.49. The zero-order valence-corrected chi connectivity index (χ0v) is 30.4. The average Bonchev–Trinajstić information content (AvgIpc) is 3.13. The van der Waals surface area contributed by atoms with Gasteiger partial charge in [0.05, 0.1) is 39.9 Å². The van der Waals surface area contributed by atoms with Crippen molar-refractivity contribution in [2.24, 2.45) is 11.8 Å². The van der Waals surface area contributed by atoms with Crippen LogP contribution in [0.3, 0.4) is 0 Å². The number of hydrogen-bond acceptors (Lipinski definition) is 7. The van der Waals surface area contributed by atoms with E-state index in [9.17, 15) is 14.7 Å². The molecule has 9 nitrogen and oxygen atoms in total. The maximum atomic E-state index is 14.5. The number of aliphatic hydroxyl groups excluding tert-OH is 1. The molecule has 0 saturated carbocycles. The van der Waals surface area contributed by atoms with Crippen molar-refractivity contribution in [2.75, 3.05) is 39.2 Å². The van der Waals surface area contributed by atoms with Gasteiger partial charge in [-0.25, -0.2) is 0 Å². The minimum Gasteiger partial charge on any atom is -0.497 e. The fourth-order valence-corrected chi connectivity index (χ4v) is 11.5. The molecule has 49 heavy (non-hydrogen) atoms. The van der Waals surface area contributed by atoms with Gasteiger partial charge in [-0.05, 0) is 67.3 Å². The van der Waals surface area contributed by atoms with Gasteiger partial charge in [-0.2, -0.15) is 0 Å². The number of ether oxygens (including phenoxy) is 3. The normalized spacial score (nSPS) is 24.2. The van der Waals surface area contributed by atoms with Crippen molar-refractivity contribution >= 4 is 30.8 Å². The van der Waals surface area contributed by atoms with Gasteiger partial charge in [-0.15, -0.1) is 0 Å². The van der Waals surface area contributed by atoms with Gasteiger partial charge in [0.1, 0.15) is 17.6 Å². The Hall–Kier alpha value is -3.70. The number of benzene rings is 3. The van der Waals surface area contributed by atoms with E-state index in [0.717, 1.165) is 42.0 Å².